The molecule has 0 saturated carbocycles. The fraction of sp³-hybridized carbons (Fsp3) is 0.667. The number of rotatable bonds is 4. The molecule has 2 heterocycles. The zero-order valence-electron chi connectivity index (χ0n) is 11.0. The van der Waals surface area contributed by atoms with Gasteiger partial charge in [-0.2, -0.15) is 5.10 Å². The first kappa shape index (κ1) is 12.9. The highest BCUT2D eigenvalue weighted by Gasteiger charge is 2.31. The molecule has 18 heavy (non-hydrogen) atoms. The Kier molecular flexibility index (Phi) is 3.56. The summed E-state index contributed by atoms with van der Waals surface area (Å²) >= 11 is 0. The molecule has 0 bridgehead atoms. The summed E-state index contributed by atoms with van der Waals surface area (Å²) in [6.45, 7) is 3.32. The van der Waals surface area contributed by atoms with Gasteiger partial charge in [-0.25, -0.2) is 4.68 Å². The van der Waals surface area contributed by atoms with Gasteiger partial charge in [-0.1, -0.05) is 0 Å². The van der Waals surface area contributed by atoms with Crippen molar-refractivity contribution >= 4 is 5.97 Å². The lowest BCUT2D eigenvalue weighted by atomic mass is 10.2. The van der Waals surface area contributed by atoms with Crippen molar-refractivity contribution < 1.29 is 14.6 Å². The van der Waals surface area contributed by atoms with E-state index in [1.807, 2.05) is 18.9 Å². The van der Waals surface area contributed by atoms with Crippen molar-refractivity contribution in [2.45, 2.75) is 32.4 Å². The van der Waals surface area contributed by atoms with Crippen LogP contribution in [0.4, 0.5) is 0 Å². The Morgan fingerprint density at radius 3 is 2.94 bits per heavy atom. The van der Waals surface area contributed by atoms with E-state index in [1.165, 1.54) is 0 Å². The fourth-order valence-corrected chi connectivity index (χ4v) is 2.62. The molecule has 1 aliphatic rings. The van der Waals surface area contributed by atoms with Gasteiger partial charge in [0.2, 0.25) is 5.88 Å². The number of carboxylic acid groups (broad SMARTS) is 1. The van der Waals surface area contributed by atoms with Crippen molar-refractivity contribution in [3.63, 3.8) is 0 Å². The summed E-state index contributed by atoms with van der Waals surface area (Å²) in [6.07, 6.45) is 1.65. The van der Waals surface area contributed by atoms with Crippen LogP contribution in [0.25, 0.3) is 0 Å². The standard InChI is InChI=1S/C12H19N3O3/c1-8-9(11(18-3)14(2)13-8)7-15-6-4-5-10(15)12(16)17/h10H,4-7H2,1-3H3,(H,16,17). The maximum absolute atomic E-state index is 11.2. The van der Waals surface area contributed by atoms with E-state index >= 15 is 0 Å². The molecule has 0 radical (unpaired) electrons. The predicted octanol–water partition coefficient (Wildman–Crippen LogP) is 0.786. The van der Waals surface area contributed by atoms with Crippen molar-refractivity contribution in [2.24, 2.45) is 7.05 Å². The molecule has 1 fully saturated rings. The largest absolute Gasteiger partial charge is 0.481 e. The SMILES string of the molecule is COc1c(CN2CCCC2C(=O)O)c(C)nn1C. The summed E-state index contributed by atoms with van der Waals surface area (Å²) in [7, 11) is 3.44. The summed E-state index contributed by atoms with van der Waals surface area (Å²) in [6, 6.07) is -0.380. The first-order chi connectivity index (χ1) is 8.54. The molecule has 1 aromatic rings. The zero-order chi connectivity index (χ0) is 13.3. The van der Waals surface area contributed by atoms with Crippen LogP contribution in [0.5, 0.6) is 5.88 Å². The maximum Gasteiger partial charge on any atom is 0.320 e. The van der Waals surface area contributed by atoms with E-state index in [4.69, 9.17) is 9.84 Å². The molecule has 1 aromatic heterocycles. The lowest BCUT2D eigenvalue weighted by Gasteiger charge is -2.21. The van der Waals surface area contributed by atoms with Gasteiger partial charge in [-0.3, -0.25) is 9.69 Å². The third-order valence-electron chi connectivity index (χ3n) is 3.49. The van der Waals surface area contributed by atoms with Crippen LogP contribution in [0.1, 0.15) is 24.1 Å². The third-order valence-corrected chi connectivity index (χ3v) is 3.49. The van der Waals surface area contributed by atoms with Crippen molar-refractivity contribution in [3.8, 4) is 5.88 Å². The van der Waals surface area contributed by atoms with Gasteiger partial charge >= 0.3 is 5.97 Å². The molecule has 100 valence electrons. The molecule has 1 saturated heterocycles. The third kappa shape index (κ3) is 2.20. The molecule has 1 atom stereocenters. The number of carbonyl (C=O) groups is 1. The lowest BCUT2D eigenvalue weighted by molar-refractivity contribution is -0.142. The Labute approximate surface area is 106 Å². The van der Waals surface area contributed by atoms with E-state index in [2.05, 4.69) is 5.10 Å². The second-order valence-corrected chi connectivity index (χ2v) is 4.66. The summed E-state index contributed by atoms with van der Waals surface area (Å²) in [5, 5.41) is 13.5. The Balaban J connectivity index is 2.21. The molecule has 0 aromatic carbocycles. The zero-order valence-corrected chi connectivity index (χ0v) is 11.0. The number of aliphatic carboxylic acids is 1. The molecule has 1 unspecified atom stereocenters. The second kappa shape index (κ2) is 4.97. The summed E-state index contributed by atoms with van der Waals surface area (Å²) in [5.74, 6) is -0.0310. The van der Waals surface area contributed by atoms with Gasteiger partial charge in [0.05, 0.1) is 18.4 Å². The van der Waals surface area contributed by atoms with E-state index in [-0.39, 0.29) is 6.04 Å². The molecule has 1 N–H and O–H groups in total. The van der Waals surface area contributed by atoms with Crippen LogP contribution in [-0.4, -0.2) is 45.5 Å². The number of aromatic nitrogens is 2. The maximum atomic E-state index is 11.2. The number of hydrogen-bond donors (Lipinski definition) is 1. The number of ether oxygens (including phenoxy) is 1. The van der Waals surface area contributed by atoms with Gasteiger partial charge in [0, 0.05) is 13.6 Å². The monoisotopic (exact) mass is 253 g/mol. The van der Waals surface area contributed by atoms with Crippen LogP contribution in [0, 0.1) is 6.92 Å². The second-order valence-electron chi connectivity index (χ2n) is 4.66. The van der Waals surface area contributed by atoms with Crippen molar-refractivity contribution in [2.75, 3.05) is 13.7 Å². The van der Waals surface area contributed by atoms with Crippen LogP contribution < -0.4 is 4.74 Å². The van der Waals surface area contributed by atoms with E-state index in [9.17, 15) is 4.79 Å². The lowest BCUT2D eigenvalue weighted by Crippen LogP contribution is -2.35. The minimum Gasteiger partial charge on any atom is -0.481 e. The normalized spacial score (nSPS) is 20.3. The van der Waals surface area contributed by atoms with E-state index in [0.717, 1.165) is 30.6 Å². The molecule has 0 amide bonds. The number of aryl methyl sites for hydroxylation is 2. The fourth-order valence-electron chi connectivity index (χ4n) is 2.62. The van der Waals surface area contributed by atoms with Crippen molar-refractivity contribution in [1.82, 2.24) is 14.7 Å². The Morgan fingerprint density at radius 2 is 2.33 bits per heavy atom. The molecular formula is C12H19N3O3. The van der Waals surface area contributed by atoms with Crippen LogP contribution >= 0.6 is 0 Å². The van der Waals surface area contributed by atoms with Crippen molar-refractivity contribution in [3.05, 3.63) is 11.3 Å². The number of likely N-dealkylation sites (tertiary alicyclic amines) is 1. The summed E-state index contributed by atoms with van der Waals surface area (Å²) in [5.41, 5.74) is 1.87. The molecule has 0 spiro atoms. The van der Waals surface area contributed by atoms with Gasteiger partial charge in [-0.15, -0.1) is 0 Å². The predicted molar refractivity (Wildman–Crippen MR) is 65.6 cm³/mol. The number of carboxylic acids is 1. The molecule has 1 aliphatic heterocycles. The van der Waals surface area contributed by atoms with Gasteiger partial charge < -0.3 is 9.84 Å². The Hall–Kier alpha value is -1.56. The van der Waals surface area contributed by atoms with Gasteiger partial charge in [0.15, 0.2) is 0 Å². The highest BCUT2D eigenvalue weighted by Crippen LogP contribution is 2.26. The number of nitrogens with zero attached hydrogens (tertiary/aromatic N) is 3. The van der Waals surface area contributed by atoms with Gasteiger partial charge in [0.1, 0.15) is 6.04 Å². The van der Waals surface area contributed by atoms with Crippen LogP contribution in [0.15, 0.2) is 0 Å². The van der Waals surface area contributed by atoms with Gasteiger partial charge in [-0.05, 0) is 26.3 Å². The topological polar surface area (TPSA) is 67.6 Å². The molecule has 0 aliphatic carbocycles. The molecule has 6 nitrogen and oxygen atoms in total. The van der Waals surface area contributed by atoms with Crippen LogP contribution in [0.2, 0.25) is 0 Å². The number of hydrogen-bond acceptors (Lipinski definition) is 4. The van der Waals surface area contributed by atoms with Crippen molar-refractivity contribution in [1.29, 1.82) is 0 Å². The van der Waals surface area contributed by atoms with E-state index in [0.29, 0.717) is 12.4 Å². The highest BCUT2D eigenvalue weighted by atomic mass is 16.5. The number of methoxy groups -OCH3 is 1. The summed E-state index contributed by atoms with van der Waals surface area (Å²) in [4.78, 5) is 13.1. The smallest absolute Gasteiger partial charge is 0.320 e. The quantitative estimate of drug-likeness (QED) is 0.859. The van der Waals surface area contributed by atoms with E-state index < -0.39 is 5.97 Å². The molecule has 2 rings (SSSR count). The Bertz CT molecular complexity index is 456. The average Bonchev–Trinajstić information content (AvgIpc) is 2.85. The van der Waals surface area contributed by atoms with E-state index in [1.54, 1.807) is 11.8 Å². The highest BCUT2D eigenvalue weighted by molar-refractivity contribution is 5.73. The molecule has 6 heteroatoms. The van der Waals surface area contributed by atoms with Gasteiger partial charge in [0.25, 0.3) is 0 Å². The van der Waals surface area contributed by atoms with Crippen LogP contribution in [-0.2, 0) is 18.4 Å². The first-order valence-corrected chi connectivity index (χ1v) is 6.08. The van der Waals surface area contributed by atoms with Crippen LogP contribution in [0.3, 0.4) is 0 Å². The summed E-state index contributed by atoms with van der Waals surface area (Å²) < 4.78 is 7.02. The first-order valence-electron chi connectivity index (χ1n) is 6.08. The Morgan fingerprint density at radius 1 is 1.61 bits per heavy atom. The molecular weight excluding hydrogens is 234 g/mol. The minimum absolute atomic E-state index is 0.380. The minimum atomic E-state index is -0.743. The average molecular weight is 253 g/mol.